The standard InChI is InChI=1S/C34H30N6O2S/c35-33-29-19-39(20-30(29)33)18-22-6-8-23(9-7-22)24-10-12-31-28(17-24)34(37-21-36-31)38-26-11-13-32-25(16-26)14-15-40(32)43(41,42)27-4-2-1-3-5-27/h1-17,21,29-30,33H,18-20,35H2,(H,36,37,38). The van der Waals surface area contributed by atoms with Crippen LogP contribution in [-0.4, -0.2) is 46.4 Å². The molecule has 2 aromatic heterocycles. The third-order valence-electron chi connectivity index (χ3n) is 8.88. The summed E-state index contributed by atoms with van der Waals surface area (Å²) in [5, 5.41) is 5.14. The number of anilines is 2. The number of nitrogens with zero attached hydrogens (tertiary/aromatic N) is 4. The molecule has 3 N–H and O–H groups in total. The molecule has 0 amide bonds. The highest BCUT2D eigenvalue weighted by Gasteiger charge is 2.53. The number of piperidine rings is 1. The van der Waals surface area contributed by atoms with Crippen molar-refractivity contribution in [2.24, 2.45) is 17.6 Å². The molecule has 2 unspecified atom stereocenters. The Morgan fingerprint density at radius 2 is 1.60 bits per heavy atom. The molecule has 8 rings (SSSR count). The van der Waals surface area contributed by atoms with E-state index in [1.54, 1.807) is 42.9 Å². The Morgan fingerprint density at radius 1 is 0.837 bits per heavy atom. The summed E-state index contributed by atoms with van der Waals surface area (Å²) in [5.74, 6) is 2.08. The van der Waals surface area contributed by atoms with Gasteiger partial charge in [0.25, 0.3) is 10.0 Å². The third-order valence-corrected chi connectivity index (χ3v) is 10.6. The van der Waals surface area contributed by atoms with Gasteiger partial charge < -0.3 is 11.1 Å². The molecule has 2 atom stereocenters. The number of likely N-dealkylation sites (tertiary alicyclic amines) is 1. The largest absolute Gasteiger partial charge is 0.340 e. The lowest BCUT2D eigenvalue weighted by atomic mass is 10.0. The zero-order valence-corrected chi connectivity index (χ0v) is 24.2. The minimum atomic E-state index is -3.70. The molecule has 1 saturated carbocycles. The maximum absolute atomic E-state index is 13.2. The molecule has 2 fully saturated rings. The molecule has 1 saturated heterocycles. The van der Waals surface area contributed by atoms with Gasteiger partial charge in [-0.1, -0.05) is 48.5 Å². The first-order valence-corrected chi connectivity index (χ1v) is 15.9. The topological polar surface area (TPSA) is 106 Å². The van der Waals surface area contributed by atoms with E-state index in [1.165, 1.54) is 9.54 Å². The molecule has 6 aromatic rings. The quantitative estimate of drug-likeness (QED) is 0.250. The highest BCUT2D eigenvalue weighted by atomic mass is 32.2. The molecule has 2 aliphatic rings. The van der Waals surface area contributed by atoms with Gasteiger partial charge in [-0.2, -0.15) is 0 Å². The van der Waals surface area contributed by atoms with Crippen LogP contribution in [0, 0.1) is 11.8 Å². The van der Waals surface area contributed by atoms with Crippen LogP contribution in [0.25, 0.3) is 32.9 Å². The second-order valence-corrected chi connectivity index (χ2v) is 13.4. The Morgan fingerprint density at radius 3 is 2.40 bits per heavy atom. The Bertz CT molecular complexity index is 2080. The summed E-state index contributed by atoms with van der Waals surface area (Å²) in [6.07, 6.45) is 3.15. The molecule has 214 valence electrons. The minimum absolute atomic E-state index is 0.251. The molecule has 9 heteroatoms. The summed E-state index contributed by atoms with van der Waals surface area (Å²) >= 11 is 0. The zero-order valence-electron chi connectivity index (χ0n) is 23.3. The van der Waals surface area contributed by atoms with Crippen LogP contribution in [0.5, 0.6) is 0 Å². The minimum Gasteiger partial charge on any atom is -0.340 e. The first-order chi connectivity index (χ1) is 20.9. The molecular weight excluding hydrogens is 556 g/mol. The maximum atomic E-state index is 13.2. The van der Waals surface area contributed by atoms with Gasteiger partial charge in [0.2, 0.25) is 0 Å². The fourth-order valence-corrected chi connectivity index (χ4v) is 7.81. The molecule has 0 bridgehead atoms. The van der Waals surface area contributed by atoms with Crippen molar-refractivity contribution in [2.45, 2.75) is 17.5 Å². The van der Waals surface area contributed by atoms with Crippen LogP contribution in [0.2, 0.25) is 0 Å². The smallest absolute Gasteiger partial charge is 0.268 e. The first kappa shape index (κ1) is 26.1. The van der Waals surface area contributed by atoms with Gasteiger partial charge in [-0.25, -0.2) is 22.4 Å². The number of nitrogens with two attached hydrogens (primary N) is 1. The lowest BCUT2D eigenvalue weighted by Gasteiger charge is -2.18. The van der Waals surface area contributed by atoms with Crippen LogP contribution in [0.15, 0.2) is 114 Å². The molecule has 43 heavy (non-hydrogen) atoms. The van der Waals surface area contributed by atoms with Gasteiger partial charge in [0.05, 0.1) is 15.9 Å². The number of nitrogens with one attached hydrogen (secondary N) is 1. The highest BCUT2D eigenvalue weighted by molar-refractivity contribution is 7.90. The van der Waals surface area contributed by atoms with E-state index >= 15 is 0 Å². The molecular formula is C34H30N6O2S. The van der Waals surface area contributed by atoms with E-state index in [9.17, 15) is 8.42 Å². The second kappa shape index (κ2) is 10.0. The lowest BCUT2D eigenvalue weighted by molar-refractivity contribution is 0.290. The van der Waals surface area contributed by atoms with E-state index in [2.05, 4.69) is 56.6 Å². The van der Waals surface area contributed by atoms with Crippen molar-refractivity contribution in [1.29, 1.82) is 0 Å². The average molecular weight is 587 g/mol. The van der Waals surface area contributed by atoms with E-state index < -0.39 is 10.0 Å². The SMILES string of the molecule is NC1C2CN(Cc3ccc(-c4ccc5ncnc(Nc6ccc7c(ccn7S(=O)(=O)c7ccccc7)c6)c5c4)cc3)CC12. The number of aromatic nitrogens is 3. The van der Waals surface area contributed by atoms with E-state index in [0.717, 1.165) is 52.7 Å². The number of hydrogen-bond acceptors (Lipinski definition) is 7. The molecule has 0 radical (unpaired) electrons. The summed E-state index contributed by atoms with van der Waals surface area (Å²) in [6.45, 7) is 3.19. The van der Waals surface area contributed by atoms with E-state index in [-0.39, 0.29) is 4.90 Å². The van der Waals surface area contributed by atoms with Crippen LogP contribution >= 0.6 is 0 Å². The van der Waals surface area contributed by atoms with E-state index in [4.69, 9.17) is 5.73 Å². The van der Waals surface area contributed by atoms with Crippen LogP contribution in [0.4, 0.5) is 11.5 Å². The molecule has 8 nitrogen and oxygen atoms in total. The maximum Gasteiger partial charge on any atom is 0.268 e. The van der Waals surface area contributed by atoms with Gasteiger partial charge >= 0.3 is 0 Å². The van der Waals surface area contributed by atoms with Gasteiger partial charge in [-0.15, -0.1) is 0 Å². The third kappa shape index (κ3) is 4.66. The lowest BCUT2D eigenvalue weighted by Crippen LogP contribution is -2.27. The Hall–Kier alpha value is -4.57. The summed E-state index contributed by atoms with van der Waals surface area (Å²) in [4.78, 5) is 11.8. The molecule has 1 aliphatic heterocycles. The fourth-order valence-electron chi connectivity index (χ4n) is 6.43. The summed E-state index contributed by atoms with van der Waals surface area (Å²) in [5.41, 5.74) is 11.9. The molecule has 3 heterocycles. The van der Waals surface area contributed by atoms with Gasteiger partial charge in [0.15, 0.2) is 0 Å². The van der Waals surface area contributed by atoms with Crippen molar-refractivity contribution in [3.05, 3.63) is 115 Å². The Labute approximate surface area is 249 Å². The number of benzene rings is 4. The predicted octanol–water partition coefficient (Wildman–Crippen LogP) is 5.62. The van der Waals surface area contributed by atoms with Crippen molar-refractivity contribution in [3.8, 4) is 11.1 Å². The number of rotatable bonds is 7. The monoisotopic (exact) mass is 586 g/mol. The molecule has 1 aliphatic carbocycles. The van der Waals surface area contributed by atoms with Crippen LogP contribution in [0.1, 0.15) is 5.56 Å². The van der Waals surface area contributed by atoms with Gasteiger partial charge in [-0.05, 0) is 77.1 Å². The van der Waals surface area contributed by atoms with Crippen molar-refractivity contribution in [3.63, 3.8) is 0 Å². The normalized spacial score (nSPS) is 20.0. The van der Waals surface area contributed by atoms with Crippen molar-refractivity contribution in [1.82, 2.24) is 18.8 Å². The summed E-state index contributed by atoms with van der Waals surface area (Å²) < 4.78 is 27.8. The zero-order chi connectivity index (χ0) is 29.1. The highest BCUT2D eigenvalue weighted by Crippen LogP contribution is 2.44. The number of fused-ring (bicyclic) bond motifs is 3. The second-order valence-electron chi connectivity index (χ2n) is 11.6. The van der Waals surface area contributed by atoms with E-state index in [0.29, 0.717) is 29.2 Å². The molecule has 4 aromatic carbocycles. The first-order valence-electron chi connectivity index (χ1n) is 14.4. The summed E-state index contributed by atoms with van der Waals surface area (Å²) in [6, 6.07) is 31.3. The van der Waals surface area contributed by atoms with Crippen molar-refractivity contribution < 1.29 is 8.42 Å². The van der Waals surface area contributed by atoms with Crippen LogP contribution in [0.3, 0.4) is 0 Å². The van der Waals surface area contributed by atoms with Crippen molar-refractivity contribution >= 4 is 43.3 Å². The Kier molecular flexibility index (Phi) is 6.08. The summed E-state index contributed by atoms with van der Waals surface area (Å²) in [7, 11) is -3.70. The van der Waals surface area contributed by atoms with Gasteiger partial charge in [0.1, 0.15) is 12.1 Å². The van der Waals surface area contributed by atoms with Gasteiger partial charge in [-0.3, -0.25) is 4.90 Å². The predicted molar refractivity (Wildman–Crippen MR) is 169 cm³/mol. The molecule has 0 spiro atoms. The average Bonchev–Trinajstić information content (AvgIpc) is 3.36. The number of hydrogen-bond donors (Lipinski definition) is 2. The fraction of sp³-hybridized carbons (Fsp3) is 0.176. The van der Waals surface area contributed by atoms with Crippen molar-refractivity contribution in [2.75, 3.05) is 18.4 Å². The van der Waals surface area contributed by atoms with Gasteiger partial charge in [0, 0.05) is 48.3 Å². The Balaban J connectivity index is 1.05. The van der Waals surface area contributed by atoms with Crippen LogP contribution < -0.4 is 11.1 Å². The van der Waals surface area contributed by atoms with E-state index in [1.807, 2.05) is 30.3 Å². The van der Waals surface area contributed by atoms with Crippen LogP contribution in [-0.2, 0) is 16.6 Å².